The summed E-state index contributed by atoms with van der Waals surface area (Å²) in [5.41, 5.74) is 3.43. The van der Waals surface area contributed by atoms with Crippen molar-refractivity contribution in [3.05, 3.63) is 108 Å². The molecule has 0 amide bonds. The third-order valence-electron chi connectivity index (χ3n) is 6.40. The van der Waals surface area contributed by atoms with Crippen LogP contribution in [0.15, 0.2) is 91.0 Å². The van der Waals surface area contributed by atoms with Crippen LogP contribution >= 0.6 is 0 Å². The number of carbonyl (C=O) groups is 2. The molecule has 3 aromatic carbocycles. The van der Waals surface area contributed by atoms with E-state index in [4.69, 9.17) is 9.57 Å². The van der Waals surface area contributed by atoms with E-state index in [9.17, 15) is 9.59 Å². The van der Waals surface area contributed by atoms with E-state index in [1.165, 1.54) is 0 Å². The summed E-state index contributed by atoms with van der Waals surface area (Å²) >= 11 is 0. The number of rotatable bonds is 10. The molecule has 4 rings (SSSR count). The molecular formula is C29H32N2O4. The minimum Gasteiger partial charge on any atom is -0.465 e. The summed E-state index contributed by atoms with van der Waals surface area (Å²) < 4.78 is 5.31. The zero-order chi connectivity index (χ0) is 24.6. The molecule has 0 bridgehead atoms. The van der Waals surface area contributed by atoms with Gasteiger partial charge in [-0.2, -0.15) is 0 Å². The standard InChI is InChI=1S/C29H32N2O4/c1-3-34-28(32)26-27(30(2)35-29(26)33)25(19-22-13-7-4-8-14-22)31(20-23-15-9-5-10-16-23)21-24-17-11-6-12-18-24/h4-18,25-27H,3,19-21H2,1-2H3/t25-,26?,27-/m0/s1. The molecule has 0 N–H and O–H groups in total. The van der Waals surface area contributed by atoms with Crippen molar-refractivity contribution in [3.8, 4) is 0 Å². The van der Waals surface area contributed by atoms with Crippen molar-refractivity contribution < 1.29 is 19.2 Å². The maximum Gasteiger partial charge on any atom is 0.341 e. The Kier molecular flexibility index (Phi) is 8.29. The van der Waals surface area contributed by atoms with Gasteiger partial charge in [-0.05, 0) is 30.0 Å². The molecule has 1 heterocycles. The molecule has 6 heteroatoms. The Balaban J connectivity index is 1.76. The molecule has 1 unspecified atom stereocenters. The fourth-order valence-corrected chi connectivity index (χ4v) is 4.79. The molecule has 1 aliphatic heterocycles. The second kappa shape index (κ2) is 11.8. The average Bonchev–Trinajstić information content (AvgIpc) is 3.17. The number of ether oxygens (including phenoxy) is 1. The third-order valence-corrected chi connectivity index (χ3v) is 6.40. The lowest BCUT2D eigenvalue weighted by molar-refractivity contribution is -0.172. The van der Waals surface area contributed by atoms with E-state index in [0.717, 1.165) is 16.7 Å². The van der Waals surface area contributed by atoms with Gasteiger partial charge in [-0.3, -0.25) is 9.69 Å². The number of likely N-dealkylation sites (N-methyl/N-ethyl adjacent to an activating group) is 1. The summed E-state index contributed by atoms with van der Waals surface area (Å²) in [6.07, 6.45) is 0.641. The van der Waals surface area contributed by atoms with E-state index in [1.54, 1.807) is 19.0 Å². The Labute approximate surface area is 207 Å². The second-order valence-corrected chi connectivity index (χ2v) is 8.81. The largest absolute Gasteiger partial charge is 0.465 e. The molecule has 0 radical (unpaired) electrons. The number of nitrogens with zero attached hydrogens (tertiary/aromatic N) is 2. The zero-order valence-electron chi connectivity index (χ0n) is 20.2. The van der Waals surface area contributed by atoms with Gasteiger partial charge in [0.15, 0.2) is 5.92 Å². The van der Waals surface area contributed by atoms with Crippen LogP contribution in [0.25, 0.3) is 0 Å². The number of hydroxylamine groups is 2. The Hall–Kier alpha value is -3.48. The predicted octanol–water partition coefficient (Wildman–Crippen LogP) is 4.25. The molecule has 35 heavy (non-hydrogen) atoms. The number of hydrogen-bond donors (Lipinski definition) is 0. The molecule has 6 nitrogen and oxygen atoms in total. The van der Waals surface area contributed by atoms with Gasteiger partial charge in [0.2, 0.25) is 0 Å². The Morgan fingerprint density at radius 3 is 1.86 bits per heavy atom. The fourth-order valence-electron chi connectivity index (χ4n) is 4.79. The van der Waals surface area contributed by atoms with E-state index < -0.39 is 23.9 Å². The summed E-state index contributed by atoms with van der Waals surface area (Å²) in [6, 6.07) is 29.9. The molecular weight excluding hydrogens is 440 g/mol. The number of carbonyl (C=O) groups excluding carboxylic acids is 2. The summed E-state index contributed by atoms with van der Waals surface area (Å²) in [6.45, 7) is 3.26. The monoisotopic (exact) mass is 472 g/mol. The van der Waals surface area contributed by atoms with Crippen molar-refractivity contribution in [2.75, 3.05) is 13.7 Å². The van der Waals surface area contributed by atoms with Crippen LogP contribution in [0.4, 0.5) is 0 Å². The minimum absolute atomic E-state index is 0.205. The second-order valence-electron chi connectivity index (χ2n) is 8.81. The molecule has 1 saturated heterocycles. The third kappa shape index (κ3) is 6.15. The highest BCUT2D eigenvalue weighted by Crippen LogP contribution is 2.31. The van der Waals surface area contributed by atoms with E-state index in [0.29, 0.717) is 19.5 Å². The van der Waals surface area contributed by atoms with Gasteiger partial charge in [-0.15, -0.1) is 5.06 Å². The predicted molar refractivity (Wildman–Crippen MR) is 134 cm³/mol. The van der Waals surface area contributed by atoms with Crippen LogP contribution in [0.5, 0.6) is 0 Å². The van der Waals surface area contributed by atoms with Crippen LogP contribution in [0.1, 0.15) is 23.6 Å². The van der Waals surface area contributed by atoms with E-state index >= 15 is 0 Å². The normalized spacial score (nSPS) is 18.9. The minimum atomic E-state index is -1.01. The summed E-state index contributed by atoms with van der Waals surface area (Å²) in [5.74, 6) is -2.11. The van der Waals surface area contributed by atoms with Crippen molar-refractivity contribution in [2.45, 2.75) is 38.5 Å². The molecule has 3 atom stereocenters. The summed E-state index contributed by atoms with van der Waals surface area (Å²) in [5, 5.41) is 1.54. The highest BCUT2D eigenvalue weighted by molar-refractivity contribution is 5.97. The maximum atomic E-state index is 12.9. The van der Waals surface area contributed by atoms with E-state index in [1.807, 2.05) is 54.6 Å². The SMILES string of the molecule is CCOC(=O)C1C(=O)ON(C)[C@H]1[C@H](Cc1ccccc1)N(Cc1ccccc1)Cc1ccccc1. The van der Waals surface area contributed by atoms with Crippen molar-refractivity contribution in [2.24, 2.45) is 5.92 Å². The van der Waals surface area contributed by atoms with Gasteiger partial charge in [0.1, 0.15) is 0 Å². The molecule has 3 aromatic rings. The first-order valence-electron chi connectivity index (χ1n) is 12.0. The van der Waals surface area contributed by atoms with Gasteiger partial charge in [0.05, 0.1) is 12.6 Å². The molecule has 1 aliphatic rings. The zero-order valence-corrected chi connectivity index (χ0v) is 20.2. The molecule has 0 spiro atoms. The maximum absolute atomic E-state index is 12.9. The van der Waals surface area contributed by atoms with Crippen LogP contribution in [0, 0.1) is 5.92 Å². The summed E-state index contributed by atoms with van der Waals surface area (Å²) in [7, 11) is 1.73. The van der Waals surface area contributed by atoms with Crippen LogP contribution in [-0.2, 0) is 38.7 Å². The highest BCUT2D eigenvalue weighted by atomic mass is 16.7. The lowest BCUT2D eigenvalue weighted by Crippen LogP contribution is -2.53. The van der Waals surface area contributed by atoms with Crippen LogP contribution in [0.3, 0.4) is 0 Å². The highest BCUT2D eigenvalue weighted by Gasteiger charge is 2.52. The van der Waals surface area contributed by atoms with E-state index in [-0.39, 0.29) is 12.6 Å². The van der Waals surface area contributed by atoms with Gasteiger partial charge in [0, 0.05) is 26.2 Å². The molecule has 0 aliphatic carbocycles. The Morgan fingerprint density at radius 2 is 1.37 bits per heavy atom. The fraction of sp³-hybridized carbons (Fsp3) is 0.310. The van der Waals surface area contributed by atoms with E-state index in [2.05, 4.69) is 41.3 Å². The van der Waals surface area contributed by atoms with Crippen molar-refractivity contribution in [1.82, 2.24) is 9.96 Å². The van der Waals surface area contributed by atoms with Crippen molar-refractivity contribution in [3.63, 3.8) is 0 Å². The van der Waals surface area contributed by atoms with Gasteiger partial charge < -0.3 is 9.57 Å². The molecule has 0 aromatic heterocycles. The van der Waals surface area contributed by atoms with Gasteiger partial charge >= 0.3 is 11.9 Å². The quantitative estimate of drug-likeness (QED) is 0.325. The van der Waals surface area contributed by atoms with Crippen LogP contribution in [-0.4, -0.2) is 47.6 Å². The lowest BCUT2D eigenvalue weighted by Gasteiger charge is -2.38. The van der Waals surface area contributed by atoms with Crippen molar-refractivity contribution in [1.29, 1.82) is 0 Å². The van der Waals surface area contributed by atoms with Crippen LogP contribution in [0.2, 0.25) is 0 Å². The number of esters is 1. The van der Waals surface area contributed by atoms with Gasteiger partial charge in [-0.1, -0.05) is 91.0 Å². The lowest BCUT2D eigenvalue weighted by atomic mass is 9.88. The molecule has 1 fully saturated rings. The van der Waals surface area contributed by atoms with Gasteiger partial charge in [-0.25, -0.2) is 4.79 Å². The Bertz CT molecular complexity index is 1050. The number of benzene rings is 3. The first-order valence-corrected chi connectivity index (χ1v) is 12.0. The Morgan fingerprint density at radius 1 is 0.886 bits per heavy atom. The molecule has 182 valence electrons. The smallest absolute Gasteiger partial charge is 0.341 e. The number of hydrogen-bond acceptors (Lipinski definition) is 6. The van der Waals surface area contributed by atoms with Crippen molar-refractivity contribution >= 4 is 11.9 Å². The topological polar surface area (TPSA) is 59.1 Å². The first kappa shape index (κ1) is 24.6. The first-order chi connectivity index (χ1) is 17.1. The van der Waals surface area contributed by atoms with Gasteiger partial charge in [0.25, 0.3) is 0 Å². The van der Waals surface area contributed by atoms with Crippen LogP contribution < -0.4 is 0 Å². The average molecular weight is 473 g/mol. The summed E-state index contributed by atoms with van der Waals surface area (Å²) in [4.78, 5) is 33.6. The molecule has 0 saturated carbocycles.